The lowest BCUT2D eigenvalue weighted by Gasteiger charge is -2.02. The van der Waals surface area contributed by atoms with Crippen LogP contribution in [0.3, 0.4) is 0 Å². The summed E-state index contributed by atoms with van der Waals surface area (Å²) in [6.45, 7) is 4.27. The van der Waals surface area contributed by atoms with Crippen LogP contribution < -0.4 is 11.1 Å². The number of anilines is 2. The standard InChI is InChI=1S/C10H13N5O/c1-6-7(2)16-9(14-6)5-13-8-3-4-12-10(11)15-8/h3-4H,5H2,1-2H3,(H3,11,12,13,15). The molecule has 0 aliphatic rings. The normalized spacial score (nSPS) is 10.4. The van der Waals surface area contributed by atoms with Crippen LogP contribution in [0.5, 0.6) is 0 Å². The Kier molecular flexibility index (Phi) is 2.72. The Morgan fingerprint density at radius 2 is 2.19 bits per heavy atom. The lowest BCUT2D eigenvalue weighted by molar-refractivity contribution is 0.478. The van der Waals surface area contributed by atoms with Gasteiger partial charge in [-0.2, -0.15) is 4.98 Å². The van der Waals surface area contributed by atoms with Crippen LogP contribution in [0, 0.1) is 13.8 Å². The predicted molar refractivity (Wildman–Crippen MR) is 59.7 cm³/mol. The highest BCUT2D eigenvalue weighted by Gasteiger charge is 2.05. The summed E-state index contributed by atoms with van der Waals surface area (Å²) in [5.74, 6) is 2.36. The molecule has 0 saturated heterocycles. The predicted octanol–water partition coefficient (Wildman–Crippen LogP) is 1.28. The second-order valence-electron chi connectivity index (χ2n) is 3.40. The summed E-state index contributed by atoms with van der Waals surface area (Å²) in [4.78, 5) is 12.0. The molecule has 0 atom stereocenters. The molecular formula is C10H13N5O. The van der Waals surface area contributed by atoms with Crippen molar-refractivity contribution in [2.24, 2.45) is 0 Å². The first kappa shape index (κ1) is 10.4. The fourth-order valence-corrected chi connectivity index (χ4v) is 1.25. The smallest absolute Gasteiger partial charge is 0.221 e. The molecule has 84 valence electrons. The zero-order valence-electron chi connectivity index (χ0n) is 9.19. The van der Waals surface area contributed by atoms with E-state index in [4.69, 9.17) is 10.2 Å². The number of nitrogens with one attached hydrogen (secondary N) is 1. The molecule has 6 nitrogen and oxygen atoms in total. The molecule has 0 radical (unpaired) electrons. The van der Waals surface area contributed by atoms with Crippen molar-refractivity contribution in [2.45, 2.75) is 20.4 Å². The number of hydrogen-bond donors (Lipinski definition) is 2. The van der Waals surface area contributed by atoms with E-state index in [1.807, 2.05) is 13.8 Å². The summed E-state index contributed by atoms with van der Waals surface area (Å²) in [6.07, 6.45) is 1.59. The van der Waals surface area contributed by atoms with Gasteiger partial charge in [0.2, 0.25) is 11.8 Å². The van der Waals surface area contributed by atoms with Crippen LogP contribution in [0.4, 0.5) is 11.8 Å². The van der Waals surface area contributed by atoms with Crippen molar-refractivity contribution in [1.29, 1.82) is 0 Å². The second-order valence-corrected chi connectivity index (χ2v) is 3.40. The van der Waals surface area contributed by atoms with Crippen molar-refractivity contribution in [1.82, 2.24) is 15.0 Å². The van der Waals surface area contributed by atoms with Crippen molar-refractivity contribution in [3.8, 4) is 0 Å². The molecule has 6 heteroatoms. The molecular weight excluding hydrogens is 206 g/mol. The molecule has 2 aromatic heterocycles. The highest BCUT2D eigenvalue weighted by atomic mass is 16.4. The Hall–Kier alpha value is -2.11. The molecule has 2 aromatic rings. The molecule has 2 rings (SSSR count). The summed E-state index contributed by atoms with van der Waals surface area (Å²) >= 11 is 0. The molecule has 0 aliphatic heterocycles. The molecule has 2 heterocycles. The van der Waals surface area contributed by atoms with Crippen molar-refractivity contribution in [3.05, 3.63) is 29.6 Å². The first-order chi connectivity index (χ1) is 7.65. The average molecular weight is 219 g/mol. The van der Waals surface area contributed by atoms with Crippen LogP contribution in [-0.4, -0.2) is 15.0 Å². The molecule has 0 fully saturated rings. The zero-order valence-corrected chi connectivity index (χ0v) is 9.19. The highest BCUT2D eigenvalue weighted by Crippen LogP contribution is 2.10. The van der Waals surface area contributed by atoms with Gasteiger partial charge in [-0.05, 0) is 19.9 Å². The van der Waals surface area contributed by atoms with Gasteiger partial charge in [-0.25, -0.2) is 9.97 Å². The largest absolute Gasteiger partial charge is 0.444 e. The van der Waals surface area contributed by atoms with E-state index in [9.17, 15) is 0 Å². The van der Waals surface area contributed by atoms with E-state index in [1.165, 1.54) is 0 Å². The van der Waals surface area contributed by atoms with Crippen molar-refractivity contribution in [2.75, 3.05) is 11.1 Å². The quantitative estimate of drug-likeness (QED) is 0.808. The first-order valence-corrected chi connectivity index (χ1v) is 4.90. The highest BCUT2D eigenvalue weighted by molar-refractivity contribution is 5.37. The van der Waals surface area contributed by atoms with Gasteiger partial charge in [-0.3, -0.25) is 0 Å². The number of rotatable bonds is 3. The van der Waals surface area contributed by atoms with E-state index >= 15 is 0 Å². The summed E-state index contributed by atoms with van der Waals surface area (Å²) in [6, 6.07) is 1.74. The van der Waals surface area contributed by atoms with E-state index in [2.05, 4.69) is 20.3 Å². The number of aromatic nitrogens is 3. The lowest BCUT2D eigenvalue weighted by Crippen LogP contribution is -2.04. The van der Waals surface area contributed by atoms with E-state index in [1.54, 1.807) is 12.3 Å². The summed E-state index contributed by atoms with van der Waals surface area (Å²) in [5, 5.41) is 3.05. The number of hydrogen-bond acceptors (Lipinski definition) is 6. The number of nitrogens with zero attached hydrogens (tertiary/aromatic N) is 3. The summed E-state index contributed by atoms with van der Waals surface area (Å²) < 4.78 is 5.42. The molecule has 0 aliphatic carbocycles. The van der Waals surface area contributed by atoms with Gasteiger partial charge in [0.15, 0.2) is 0 Å². The van der Waals surface area contributed by atoms with Crippen LogP contribution >= 0.6 is 0 Å². The molecule has 0 amide bonds. The van der Waals surface area contributed by atoms with E-state index < -0.39 is 0 Å². The van der Waals surface area contributed by atoms with Crippen LogP contribution in [0.2, 0.25) is 0 Å². The van der Waals surface area contributed by atoms with E-state index in [0.717, 1.165) is 11.5 Å². The maximum atomic E-state index is 5.45. The Balaban J connectivity index is 2.02. The fraction of sp³-hybridized carbons (Fsp3) is 0.300. The van der Waals surface area contributed by atoms with Gasteiger partial charge in [-0.15, -0.1) is 0 Å². The minimum absolute atomic E-state index is 0.241. The molecule has 0 unspecified atom stereocenters. The summed E-state index contributed by atoms with van der Waals surface area (Å²) in [5.41, 5.74) is 6.36. The van der Waals surface area contributed by atoms with Gasteiger partial charge in [0.1, 0.15) is 11.6 Å². The first-order valence-electron chi connectivity index (χ1n) is 4.90. The van der Waals surface area contributed by atoms with Gasteiger partial charge >= 0.3 is 0 Å². The monoisotopic (exact) mass is 219 g/mol. The SMILES string of the molecule is Cc1nc(CNc2ccnc(N)n2)oc1C. The fourth-order valence-electron chi connectivity index (χ4n) is 1.25. The minimum atomic E-state index is 0.241. The summed E-state index contributed by atoms with van der Waals surface area (Å²) in [7, 11) is 0. The van der Waals surface area contributed by atoms with Gasteiger partial charge in [0.25, 0.3) is 0 Å². The molecule has 0 spiro atoms. The lowest BCUT2D eigenvalue weighted by atomic mass is 10.4. The third-order valence-electron chi connectivity index (χ3n) is 2.17. The van der Waals surface area contributed by atoms with Gasteiger partial charge in [0, 0.05) is 6.20 Å². The van der Waals surface area contributed by atoms with Crippen molar-refractivity contribution < 1.29 is 4.42 Å². The van der Waals surface area contributed by atoms with Crippen LogP contribution in [-0.2, 0) is 6.54 Å². The molecule has 0 saturated carbocycles. The van der Waals surface area contributed by atoms with Gasteiger partial charge < -0.3 is 15.5 Å². The Labute approximate surface area is 92.9 Å². The maximum absolute atomic E-state index is 5.45. The van der Waals surface area contributed by atoms with Gasteiger partial charge in [0.05, 0.1) is 12.2 Å². The molecule has 16 heavy (non-hydrogen) atoms. The van der Waals surface area contributed by atoms with E-state index in [0.29, 0.717) is 18.3 Å². The molecule has 0 bridgehead atoms. The van der Waals surface area contributed by atoms with Crippen LogP contribution in [0.1, 0.15) is 17.3 Å². The van der Waals surface area contributed by atoms with Crippen LogP contribution in [0.25, 0.3) is 0 Å². The topological polar surface area (TPSA) is 89.9 Å². The molecule has 0 aromatic carbocycles. The van der Waals surface area contributed by atoms with Gasteiger partial charge in [-0.1, -0.05) is 0 Å². The zero-order chi connectivity index (χ0) is 11.5. The van der Waals surface area contributed by atoms with E-state index in [-0.39, 0.29) is 5.95 Å². The Morgan fingerprint density at radius 1 is 1.38 bits per heavy atom. The number of aryl methyl sites for hydroxylation is 2. The van der Waals surface area contributed by atoms with Crippen molar-refractivity contribution >= 4 is 11.8 Å². The molecule has 3 N–H and O–H groups in total. The van der Waals surface area contributed by atoms with Crippen molar-refractivity contribution in [3.63, 3.8) is 0 Å². The Bertz CT molecular complexity index is 474. The third kappa shape index (κ3) is 2.28. The number of nitrogens with two attached hydrogens (primary N) is 1. The minimum Gasteiger partial charge on any atom is -0.444 e. The second kappa shape index (κ2) is 4.18. The average Bonchev–Trinajstić information content (AvgIpc) is 2.56. The third-order valence-corrected chi connectivity index (χ3v) is 2.17. The number of nitrogen functional groups attached to an aromatic ring is 1. The number of oxazole rings is 1. The Morgan fingerprint density at radius 3 is 2.81 bits per heavy atom. The maximum Gasteiger partial charge on any atom is 0.221 e. The van der Waals surface area contributed by atoms with Crippen LogP contribution in [0.15, 0.2) is 16.7 Å².